The monoisotopic (exact) mass is 370 g/mol. The highest BCUT2D eigenvalue weighted by atomic mass is 16.5. The molecule has 0 bridgehead atoms. The molecule has 0 atom stereocenters. The predicted molar refractivity (Wildman–Crippen MR) is 102 cm³/mol. The molecular formula is C20H22N2O5. The molecule has 0 spiro atoms. The zero-order chi connectivity index (χ0) is 19.6. The van der Waals surface area contributed by atoms with E-state index in [0.29, 0.717) is 41.4 Å². The van der Waals surface area contributed by atoms with Crippen LogP contribution in [0.4, 0.5) is 11.4 Å². The van der Waals surface area contributed by atoms with Crippen LogP contribution in [0.2, 0.25) is 0 Å². The first-order chi connectivity index (χ1) is 13.1. The Morgan fingerprint density at radius 1 is 1.11 bits per heavy atom. The topological polar surface area (TPSA) is 86.2 Å². The first-order valence-electron chi connectivity index (χ1n) is 8.46. The second-order valence-electron chi connectivity index (χ2n) is 5.52. The van der Waals surface area contributed by atoms with Crippen molar-refractivity contribution in [1.29, 1.82) is 0 Å². The maximum Gasteiger partial charge on any atom is 0.338 e. The third-order valence-electron chi connectivity index (χ3n) is 3.85. The van der Waals surface area contributed by atoms with Crippen molar-refractivity contribution < 1.29 is 23.8 Å². The Morgan fingerprint density at radius 3 is 2.56 bits per heavy atom. The molecule has 7 heteroatoms. The second kappa shape index (κ2) is 9.99. The molecule has 0 heterocycles. The third-order valence-corrected chi connectivity index (χ3v) is 3.85. The summed E-state index contributed by atoms with van der Waals surface area (Å²) in [5, 5.41) is 3.21. The SMILES string of the molecule is CCOC(=O)c1ccc(NCCc2ccc(OC)c(OC)c2)c(N=C=O)c1. The van der Waals surface area contributed by atoms with Gasteiger partial charge in [0.05, 0.1) is 32.1 Å². The zero-order valence-electron chi connectivity index (χ0n) is 15.6. The van der Waals surface area contributed by atoms with Gasteiger partial charge in [-0.3, -0.25) is 0 Å². The molecular weight excluding hydrogens is 348 g/mol. The van der Waals surface area contributed by atoms with Crippen LogP contribution in [0.3, 0.4) is 0 Å². The number of hydrogen-bond acceptors (Lipinski definition) is 7. The highest BCUT2D eigenvalue weighted by molar-refractivity contribution is 5.92. The number of carbonyl (C=O) groups excluding carboxylic acids is 2. The van der Waals surface area contributed by atoms with Gasteiger partial charge in [0, 0.05) is 6.54 Å². The van der Waals surface area contributed by atoms with Gasteiger partial charge in [-0.25, -0.2) is 9.59 Å². The molecule has 0 aliphatic carbocycles. The number of nitrogens with one attached hydrogen (secondary N) is 1. The van der Waals surface area contributed by atoms with Crippen molar-refractivity contribution in [2.24, 2.45) is 4.99 Å². The van der Waals surface area contributed by atoms with Gasteiger partial charge in [-0.2, -0.15) is 4.99 Å². The average molecular weight is 370 g/mol. The van der Waals surface area contributed by atoms with Gasteiger partial charge in [0.1, 0.15) is 5.69 Å². The smallest absolute Gasteiger partial charge is 0.338 e. The Morgan fingerprint density at radius 2 is 1.89 bits per heavy atom. The molecule has 0 amide bonds. The van der Waals surface area contributed by atoms with Crippen LogP contribution in [0.5, 0.6) is 11.5 Å². The summed E-state index contributed by atoms with van der Waals surface area (Å²) in [7, 11) is 3.18. The lowest BCUT2D eigenvalue weighted by Crippen LogP contribution is -2.07. The van der Waals surface area contributed by atoms with Crippen molar-refractivity contribution in [2.75, 3.05) is 32.7 Å². The molecule has 0 aromatic heterocycles. The maximum absolute atomic E-state index is 11.8. The molecule has 142 valence electrons. The van der Waals surface area contributed by atoms with Crippen LogP contribution in [0.1, 0.15) is 22.8 Å². The first-order valence-corrected chi connectivity index (χ1v) is 8.46. The Balaban J connectivity index is 2.08. The van der Waals surface area contributed by atoms with E-state index < -0.39 is 5.97 Å². The summed E-state index contributed by atoms with van der Waals surface area (Å²) in [6, 6.07) is 10.5. The quantitative estimate of drug-likeness (QED) is 0.413. The van der Waals surface area contributed by atoms with Crippen molar-refractivity contribution in [3.8, 4) is 11.5 Å². The molecule has 1 N–H and O–H groups in total. The van der Waals surface area contributed by atoms with Crippen molar-refractivity contribution in [2.45, 2.75) is 13.3 Å². The largest absolute Gasteiger partial charge is 0.493 e. The minimum absolute atomic E-state index is 0.274. The molecule has 27 heavy (non-hydrogen) atoms. The fraction of sp³-hybridized carbons (Fsp3) is 0.300. The van der Waals surface area contributed by atoms with Gasteiger partial charge in [-0.1, -0.05) is 6.07 Å². The lowest BCUT2D eigenvalue weighted by Gasteiger charge is -2.12. The summed E-state index contributed by atoms with van der Waals surface area (Å²) in [6.07, 6.45) is 2.22. The number of aliphatic imine (C=N–C) groups is 1. The van der Waals surface area contributed by atoms with Crippen LogP contribution < -0.4 is 14.8 Å². The van der Waals surface area contributed by atoms with Crippen molar-refractivity contribution >= 4 is 23.4 Å². The van der Waals surface area contributed by atoms with Gasteiger partial charge < -0.3 is 19.5 Å². The fourth-order valence-electron chi connectivity index (χ4n) is 2.54. The molecule has 0 saturated heterocycles. The number of methoxy groups -OCH3 is 2. The number of nitrogens with zero attached hydrogens (tertiary/aromatic N) is 1. The number of rotatable bonds is 9. The van der Waals surface area contributed by atoms with E-state index in [0.717, 1.165) is 5.56 Å². The fourth-order valence-corrected chi connectivity index (χ4v) is 2.54. The number of isocyanates is 1. The minimum Gasteiger partial charge on any atom is -0.493 e. The zero-order valence-corrected chi connectivity index (χ0v) is 15.6. The van der Waals surface area contributed by atoms with Crippen LogP contribution in [-0.4, -0.2) is 39.4 Å². The van der Waals surface area contributed by atoms with Crippen LogP contribution in [0.15, 0.2) is 41.4 Å². The third kappa shape index (κ3) is 5.33. The predicted octanol–water partition coefficient (Wildman–Crippen LogP) is 3.50. The summed E-state index contributed by atoms with van der Waals surface area (Å²) in [4.78, 5) is 26.2. The van der Waals surface area contributed by atoms with Gasteiger partial charge >= 0.3 is 5.97 Å². The summed E-state index contributed by atoms with van der Waals surface area (Å²) < 4.78 is 15.5. The minimum atomic E-state index is -0.461. The lowest BCUT2D eigenvalue weighted by molar-refractivity contribution is 0.0526. The summed E-state index contributed by atoms with van der Waals surface area (Å²) in [5.74, 6) is 0.878. The van der Waals surface area contributed by atoms with Gasteiger partial charge in [0.25, 0.3) is 0 Å². The molecule has 0 saturated carbocycles. The van der Waals surface area contributed by atoms with Crippen molar-refractivity contribution in [3.63, 3.8) is 0 Å². The number of hydrogen-bond donors (Lipinski definition) is 1. The molecule has 0 radical (unpaired) electrons. The van der Waals surface area contributed by atoms with E-state index in [2.05, 4.69) is 10.3 Å². The molecule has 0 unspecified atom stereocenters. The van der Waals surface area contributed by atoms with E-state index in [1.807, 2.05) is 18.2 Å². The van der Waals surface area contributed by atoms with Crippen LogP contribution in [0.25, 0.3) is 0 Å². The van der Waals surface area contributed by atoms with E-state index in [4.69, 9.17) is 14.2 Å². The first kappa shape index (κ1) is 20.0. The van der Waals surface area contributed by atoms with Gasteiger partial charge in [0.15, 0.2) is 11.5 Å². The Hall–Kier alpha value is -3.31. The second-order valence-corrected chi connectivity index (χ2v) is 5.52. The number of ether oxygens (including phenoxy) is 3. The van der Waals surface area contributed by atoms with Gasteiger partial charge in [-0.05, 0) is 49.2 Å². The Labute approximate surface area is 158 Å². The highest BCUT2D eigenvalue weighted by Crippen LogP contribution is 2.29. The van der Waals surface area contributed by atoms with Crippen LogP contribution >= 0.6 is 0 Å². The summed E-state index contributed by atoms with van der Waals surface area (Å²) in [6.45, 7) is 2.60. The highest BCUT2D eigenvalue weighted by Gasteiger charge is 2.11. The summed E-state index contributed by atoms with van der Waals surface area (Å²) in [5.41, 5.74) is 2.36. The molecule has 0 aliphatic rings. The number of anilines is 1. The van der Waals surface area contributed by atoms with Crippen molar-refractivity contribution in [3.05, 3.63) is 47.5 Å². The van der Waals surface area contributed by atoms with E-state index in [1.54, 1.807) is 33.3 Å². The van der Waals surface area contributed by atoms with Crippen molar-refractivity contribution in [1.82, 2.24) is 0 Å². The van der Waals surface area contributed by atoms with Gasteiger partial charge in [0.2, 0.25) is 6.08 Å². The molecule has 2 aromatic rings. The van der Waals surface area contributed by atoms with Crippen LogP contribution in [-0.2, 0) is 16.0 Å². The molecule has 0 fully saturated rings. The molecule has 0 aliphatic heterocycles. The molecule has 7 nitrogen and oxygen atoms in total. The normalized spacial score (nSPS) is 9.89. The number of benzene rings is 2. The maximum atomic E-state index is 11.8. The average Bonchev–Trinajstić information content (AvgIpc) is 2.69. The van der Waals surface area contributed by atoms with Crippen LogP contribution in [0, 0.1) is 0 Å². The van der Waals surface area contributed by atoms with Gasteiger partial charge in [-0.15, -0.1) is 0 Å². The molecule has 2 rings (SSSR count). The standard InChI is InChI=1S/C20H22N2O5/c1-4-27-20(24)15-6-7-16(17(12-15)22-13-23)21-10-9-14-5-8-18(25-2)19(11-14)26-3/h5-8,11-12,21H,4,9-10H2,1-3H3. The number of carbonyl (C=O) groups is 1. The summed E-state index contributed by atoms with van der Waals surface area (Å²) >= 11 is 0. The Kier molecular flexibility index (Phi) is 7.40. The Bertz CT molecular complexity index is 844. The van der Waals surface area contributed by atoms with E-state index in [1.165, 1.54) is 12.1 Å². The molecule has 2 aromatic carbocycles. The number of esters is 1. The van der Waals surface area contributed by atoms with E-state index in [9.17, 15) is 9.59 Å². The van der Waals surface area contributed by atoms with E-state index >= 15 is 0 Å². The lowest BCUT2D eigenvalue weighted by atomic mass is 10.1. The van der Waals surface area contributed by atoms with E-state index in [-0.39, 0.29) is 6.61 Å².